The Hall–Kier alpha value is -0.780. The molecule has 2 N–H and O–H groups in total. The standard InChI is InChI=1S/C13H22F3NO2/c1-2-11(7-8-18)17-12(19)9-3-5-10(6-4-9)13(14,15)16/h9-11,18H,2-8H2,1H3,(H,17,19). The van der Waals surface area contributed by atoms with Gasteiger partial charge < -0.3 is 10.4 Å². The molecule has 3 nitrogen and oxygen atoms in total. The third-order valence-corrected chi connectivity index (χ3v) is 3.88. The molecule has 0 aliphatic heterocycles. The topological polar surface area (TPSA) is 49.3 Å². The molecule has 0 aromatic carbocycles. The van der Waals surface area contributed by atoms with E-state index in [4.69, 9.17) is 5.11 Å². The van der Waals surface area contributed by atoms with Crippen molar-refractivity contribution in [1.82, 2.24) is 5.32 Å². The van der Waals surface area contributed by atoms with Gasteiger partial charge in [-0.2, -0.15) is 13.2 Å². The Morgan fingerprint density at radius 2 is 1.89 bits per heavy atom. The molecule has 1 fully saturated rings. The van der Waals surface area contributed by atoms with Gasteiger partial charge in [-0.05, 0) is 38.5 Å². The van der Waals surface area contributed by atoms with Crippen molar-refractivity contribution in [3.05, 3.63) is 0 Å². The van der Waals surface area contributed by atoms with E-state index in [1.807, 2.05) is 6.92 Å². The molecule has 1 saturated carbocycles. The summed E-state index contributed by atoms with van der Waals surface area (Å²) in [5.41, 5.74) is 0. The van der Waals surface area contributed by atoms with Gasteiger partial charge in [0.25, 0.3) is 0 Å². The Kier molecular flexibility index (Phi) is 6.10. The quantitative estimate of drug-likeness (QED) is 0.814. The summed E-state index contributed by atoms with van der Waals surface area (Å²) >= 11 is 0. The van der Waals surface area contributed by atoms with Crippen LogP contribution in [0.25, 0.3) is 0 Å². The third-order valence-electron chi connectivity index (χ3n) is 3.88. The lowest BCUT2D eigenvalue weighted by Crippen LogP contribution is -2.41. The van der Waals surface area contributed by atoms with Gasteiger partial charge in [0.15, 0.2) is 0 Å². The molecule has 1 aliphatic carbocycles. The lowest BCUT2D eigenvalue weighted by Gasteiger charge is -2.30. The summed E-state index contributed by atoms with van der Waals surface area (Å²) in [5.74, 6) is -1.73. The summed E-state index contributed by atoms with van der Waals surface area (Å²) in [6, 6.07) is -0.0853. The van der Waals surface area contributed by atoms with E-state index < -0.39 is 12.1 Å². The fourth-order valence-corrected chi connectivity index (χ4v) is 2.54. The normalized spacial score (nSPS) is 25.9. The summed E-state index contributed by atoms with van der Waals surface area (Å²) in [5, 5.41) is 11.6. The highest BCUT2D eigenvalue weighted by molar-refractivity contribution is 5.79. The molecule has 0 saturated heterocycles. The fraction of sp³-hybridized carbons (Fsp3) is 0.923. The minimum absolute atomic E-state index is 0.000396. The highest BCUT2D eigenvalue weighted by Crippen LogP contribution is 2.39. The van der Waals surface area contributed by atoms with Crippen molar-refractivity contribution in [3.63, 3.8) is 0 Å². The molecule has 1 aliphatic rings. The van der Waals surface area contributed by atoms with Gasteiger partial charge in [0.2, 0.25) is 5.91 Å². The smallest absolute Gasteiger partial charge is 0.391 e. The predicted octanol–water partition coefficient (Wildman–Crippen LogP) is 2.63. The molecule has 0 aromatic heterocycles. The largest absolute Gasteiger partial charge is 0.396 e. The maximum Gasteiger partial charge on any atom is 0.391 e. The average molecular weight is 281 g/mol. The van der Waals surface area contributed by atoms with E-state index in [2.05, 4.69) is 5.32 Å². The number of carbonyl (C=O) groups is 1. The molecular weight excluding hydrogens is 259 g/mol. The van der Waals surface area contributed by atoms with Crippen molar-refractivity contribution in [2.45, 2.75) is 57.7 Å². The van der Waals surface area contributed by atoms with Gasteiger partial charge in [0.1, 0.15) is 0 Å². The number of rotatable bonds is 5. The first-order valence-electron chi connectivity index (χ1n) is 6.86. The van der Waals surface area contributed by atoms with E-state index in [0.717, 1.165) is 0 Å². The molecule has 1 rings (SSSR count). The highest BCUT2D eigenvalue weighted by Gasteiger charge is 2.42. The zero-order chi connectivity index (χ0) is 14.5. The van der Waals surface area contributed by atoms with Crippen molar-refractivity contribution in [2.24, 2.45) is 11.8 Å². The SMILES string of the molecule is CCC(CCO)NC(=O)C1CCC(C(F)(F)F)CC1. The molecular formula is C13H22F3NO2. The van der Waals surface area contributed by atoms with E-state index in [9.17, 15) is 18.0 Å². The van der Waals surface area contributed by atoms with Gasteiger partial charge >= 0.3 is 6.18 Å². The Bertz CT molecular complexity index is 286. The second kappa shape index (κ2) is 7.12. The van der Waals surface area contributed by atoms with Crippen LogP contribution in [0.3, 0.4) is 0 Å². The lowest BCUT2D eigenvalue weighted by atomic mass is 9.81. The van der Waals surface area contributed by atoms with Crippen LogP contribution in [0.1, 0.15) is 45.4 Å². The molecule has 0 spiro atoms. The molecule has 0 heterocycles. The molecule has 0 aromatic rings. The van der Waals surface area contributed by atoms with Crippen molar-refractivity contribution < 1.29 is 23.1 Å². The summed E-state index contributed by atoms with van der Waals surface area (Å²) in [6.07, 6.45) is -2.26. The Labute approximate surface area is 111 Å². The fourth-order valence-electron chi connectivity index (χ4n) is 2.54. The van der Waals surface area contributed by atoms with Crippen molar-refractivity contribution in [1.29, 1.82) is 0 Å². The molecule has 1 amide bonds. The van der Waals surface area contributed by atoms with E-state index in [1.54, 1.807) is 0 Å². The van der Waals surface area contributed by atoms with Crippen molar-refractivity contribution >= 4 is 5.91 Å². The minimum atomic E-state index is -4.13. The number of hydrogen-bond acceptors (Lipinski definition) is 2. The summed E-state index contributed by atoms with van der Waals surface area (Å²) in [7, 11) is 0. The monoisotopic (exact) mass is 281 g/mol. The number of nitrogens with one attached hydrogen (secondary N) is 1. The second-order valence-electron chi connectivity index (χ2n) is 5.22. The van der Waals surface area contributed by atoms with Crippen LogP contribution in [0.4, 0.5) is 13.2 Å². The van der Waals surface area contributed by atoms with Crippen molar-refractivity contribution in [2.75, 3.05) is 6.61 Å². The molecule has 1 atom stereocenters. The minimum Gasteiger partial charge on any atom is -0.396 e. The number of halogens is 3. The molecule has 0 bridgehead atoms. The van der Waals surface area contributed by atoms with E-state index in [-0.39, 0.29) is 37.3 Å². The number of aliphatic hydroxyl groups is 1. The van der Waals surface area contributed by atoms with Gasteiger partial charge in [-0.25, -0.2) is 0 Å². The average Bonchev–Trinajstić information content (AvgIpc) is 2.37. The maximum atomic E-state index is 12.5. The first-order valence-corrected chi connectivity index (χ1v) is 6.86. The number of carbonyl (C=O) groups excluding carboxylic acids is 1. The van der Waals surface area contributed by atoms with Crippen LogP contribution in [0.5, 0.6) is 0 Å². The van der Waals surface area contributed by atoms with Crippen LogP contribution >= 0.6 is 0 Å². The predicted molar refractivity (Wildman–Crippen MR) is 65.4 cm³/mol. The second-order valence-corrected chi connectivity index (χ2v) is 5.22. The highest BCUT2D eigenvalue weighted by atomic mass is 19.4. The molecule has 19 heavy (non-hydrogen) atoms. The van der Waals surface area contributed by atoms with Crippen LogP contribution < -0.4 is 5.32 Å². The zero-order valence-corrected chi connectivity index (χ0v) is 11.2. The van der Waals surface area contributed by atoms with E-state index in [1.165, 1.54) is 0 Å². The van der Waals surface area contributed by atoms with Gasteiger partial charge in [0, 0.05) is 18.6 Å². The Balaban J connectivity index is 2.40. The maximum absolute atomic E-state index is 12.5. The van der Waals surface area contributed by atoms with Crippen LogP contribution in [-0.4, -0.2) is 29.8 Å². The number of hydrogen-bond donors (Lipinski definition) is 2. The van der Waals surface area contributed by atoms with Crippen LogP contribution in [0.15, 0.2) is 0 Å². The van der Waals surface area contributed by atoms with Gasteiger partial charge in [0.05, 0.1) is 5.92 Å². The number of amides is 1. The number of alkyl halides is 3. The third kappa shape index (κ3) is 5.01. The Morgan fingerprint density at radius 1 is 1.32 bits per heavy atom. The van der Waals surface area contributed by atoms with Crippen molar-refractivity contribution in [3.8, 4) is 0 Å². The van der Waals surface area contributed by atoms with Gasteiger partial charge in [-0.15, -0.1) is 0 Å². The Morgan fingerprint density at radius 3 is 2.32 bits per heavy atom. The lowest BCUT2D eigenvalue weighted by molar-refractivity contribution is -0.184. The van der Waals surface area contributed by atoms with E-state index in [0.29, 0.717) is 25.7 Å². The van der Waals surface area contributed by atoms with E-state index >= 15 is 0 Å². The molecule has 6 heteroatoms. The first-order chi connectivity index (χ1) is 8.88. The molecule has 0 radical (unpaired) electrons. The molecule has 1 unspecified atom stereocenters. The van der Waals surface area contributed by atoms with Crippen LogP contribution in [0, 0.1) is 11.8 Å². The zero-order valence-electron chi connectivity index (χ0n) is 11.2. The van der Waals surface area contributed by atoms with Gasteiger partial charge in [-0.3, -0.25) is 4.79 Å². The van der Waals surface area contributed by atoms with Gasteiger partial charge in [-0.1, -0.05) is 6.92 Å². The molecule has 112 valence electrons. The summed E-state index contributed by atoms with van der Waals surface area (Å²) < 4.78 is 37.5. The summed E-state index contributed by atoms with van der Waals surface area (Å²) in [4.78, 5) is 11.9. The number of aliphatic hydroxyl groups excluding tert-OH is 1. The van der Waals surface area contributed by atoms with Crippen LogP contribution in [-0.2, 0) is 4.79 Å². The van der Waals surface area contributed by atoms with Crippen LogP contribution in [0.2, 0.25) is 0 Å². The first kappa shape index (κ1) is 16.3. The summed E-state index contributed by atoms with van der Waals surface area (Å²) in [6.45, 7) is 1.90.